The molecule has 0 aliphatic carbocycles. The second kappa shape index (κ2) is 15.4. The maximum atomic E-state index is 9.86. The Bertz CT molecular complexity index is 485. The molecule has 0 radical (unpaired) electrons. The predicted octanol–water partition coefficient (Wildman–Crippen LogP) is 1.77. The molecule has 0 fully saturated rings. The summed E-state index contributed by atoms with van der Waals surface area (Å²) in [5.74, 6) is -2.61. The van der Waals surface area contributed by atoms with Crippen LogP contribution in [-0.4, -0.2) is 44.9 Å². The van der Waals surface area contributed by atoms with Crippen LogP contribution in [0.25, 0.3) is 0 Å². The molecular formula is C17H26O6Si. The Balaban J connectivity index is 0. The molecule has 7 heteroatoms. The van der Waals surface area contributed by atoms with Crippen molar-refractivity contribution in [3.05, 3.63) is 55.0 Å². The SMILES string of the molecule is C=C(OCC)C(=O)O.C=C(OCC)C(=O)O.C[SiH2]c1ccccc1. The molecule has 0 aromatic heterocycles. The summed E-state index contributed by atoms with van der Waals surface area (Å²) in [6.07, 6.45) is 0. The molecule has 0 aliphatic rings. The Morgan fingerprint density at radius 3 is 1.50 bits per heavy atom. The van der Waals surface area contributed by atoms with Gasteiger partial charge < -0.3 is 19.7 Å². The Labute approximate surface area is 145 Å². The summed E-state index contributed by atoms with van der Waals surface area (Å²) in [6, 6.07) is 10.7. The topological polar surface area (TPSA) is 93.1 Å². The molecular weight excluding hydrogens is 328 g/mol. The van der Waals surface area contributed by atoms with Gasteiger partial charge in [-0.3, -0.25) is 0 Å². The minimum Gasteiger partial charge on any atom is -0.487 e. The van der Waals surface area contributed by atoms with Crippen LogP contribution in [0, 0.1) is 0 Å². The molecule has 0 bridgehead atoms. The van der Waals surface area contributed by atoms with Crippen LogP contribution in [0.3, 0.4) is 0 Å². The van der Waals surface area contributed by atoms with Gasteiger partial charge in [0, 0.05) is 0 Å². The summed E-state index contributed by atoms with van der Waals surface area (Å²) in [5.41, 5.74) is 0. The lowest BCUT2D eigenvalue weighted by atomic mass is 10.4. The van der Waals surface area contributed by atoms with E-state index in [1.165, 1.54) is 0 Å². The smallest absolute Gasteiger partial charge is 0.370 e. The van der Waals surface area contributed by atoms with E-state index in [0.29, 0.717) is 13.2 Å². The zero-order valence-electron chi connectivity index (χ0n) is 14.4. The van der Waals surface area contributed by atoms with Crippen LogP contribution in [0.5, 0.6) is 0 Å². The number of aliphatic carboxylic acids is 2. The summed E-state index contributed by atoms with van der Waals surface area (Å²) in [5, 5.41) is 17.7. The molecule has 0 saturated heterocycles. The van der Waals surface area contributed by atoms with Gasteiger partial charge in [-0.15, -0.1) is 0 Å². The minimum absolute atomic E-state index is 0.0913. The van der Waals surface area contributed by atoms with Gasteiger partial charge in [0.25, 0.3) is 0 Å². The van der Waals surface area contributed by atoms with E-state index in [4.69, 9.17) is 10.2 Å². The van der Waals surface area contributed by atoms with Crippen molar-refractivity contribution < 1.29 is 29.3 Å². The predicted molar refractivity (Wildman–Crippen MR) is 97.3 cm³/mol. The van der Waals surface area contributed by atoms with Gasteiger partial charge in [0.05, 0.1) is 22.7 Å². The molecule has 134 valence electrons. The number of ether oxygens (including phenoxy) is 2. The van der Waals surface area contributed by atoms with Gasteiger partial charge in [-0.2, -0.15) is 0 Å². The third-order valence-electron chi connectivity index (χ3n) is 2.37. The Morgan fingerprint density at radius 1 is 0.958 bits per heavy atom. The van der Waals surface area contributed by atoms with Gasteiger partial charge in [0.1, 0.15) is 0 Å². The van der Waals surface area contributed by atoms with Gasteiger partial charge in [0.15, 0.2) is 11.5 Å². The number of carbonyl (C=O) groups is 2. The molecule has 0 saturated carbocycles. The molecule has 1 rings (SSSR count). The summed E-state index contributed by atoms with van der Waals surface area (Å²) >= 11 is 0. The van der Waals surface area contributed by atoms with Crippen LogP contribution in [0.1, 0.15) is 13.8 Å². The zero-order chi connectivity index (χ0) is 19.0. The van der Waals surface area contributed by atoms with Crippen molar-refractivity contribution in [2.45, 2.75) is 20.4 Å². The summed E-state index contributed by atoms with van der Waals surface area (Å²) in [6.45, 7) is 12.7. The maximum absolute atomic E-state index is 9.86. The first-order valence-corrected chi connectivity index (χ1v) is 9.56. The average molecular weight is 354 g/mol. The number of hydrogen-bond acceptors (Lipinski definition) is 4. The van der Waals surface area contributed by atoms with E-state index in [0.717, 1.165) is 0 Å². The average Bonchev–Trinajstić information content (AvgIpc) is 2.57. The van der Waals surface area contributed by atoms with E-state index in [1.807, 2.05) is 0 Å². The first kappa shape index (κ1) is 23.7. The van der Waals surface area contributed by atoms with E-state index < -0.39 is 11.9 Å². The first-order valence-electron chi connectivity index (χ1n) is 7.43. The highest BCUT2D eigenvalue weighted by Gasteiger charge is 2.01. The minimum atomic E-state index is -1.10. The van der Waals surface area contributed by atoms with Gasteiger partial charge >= 0.3 is 11.9 Å². The van der Waals surface area contributed by atoms with Gasteiger partial charge in [-0.1, -0.05) is 42.1 Å². The zero-order valence-corrected chi connectivity index (χ0v) is 15.9. The highest BCUT2D eigenvalue weighted by atomic mass is 28.2. The van der Waals surface area contributed by atoms with Crippen LogP contribution in [-0.2, 0) is 19.1 Å². The molecule has 0 heterocycles. The van der Waals surface area contributed by atoms with E-state index in [9.17, 15) is 9.59 Å². The molecule has 0 amide bonds. The van der Waals surface area contributed by atoms with Gasteiger partial charge in [-0.25, -0.2) is 9.59 Å². The van der Waals surface area contributed by atoms with Crippen molar-refractivity contribution in [3.63, 3.8) is 0 Å². The first-order chi connectivity index (χ1) is 11.3. The second-order valence-electron chi connectivity index (χ2n) is 4.16. The molecule has 6 nitrogen and oxygen atoms in total. The molecule has 1 aromatic carbocycles. The lowest BCUT2D eigenvalue weighted by molar-refractivity contribution is -0.137. The third kappa shape index (κ3) is 14.4. The quantitative estimate of drug-likeness (QED) is 0.440. The van der Waals surface area contributed by atoms with Crippen LogP contribution in [0.2, 0.25) is 6.55 Å². The third-order valence-corrected chi connectivity index (χ3v) is 3.65. The molecule has 0 spiro atoms. The number of hydrogen-bond donors (Lipinski definition) is 2. The largest absolute Gasteiger partial charge is 0.487 e. The number of carboxylic acids is 2. The van der Waals surface area contributed by atoms with Crippen molar-refractivity contribution in [3.8, 4) is 0 Å². The number of carboxylic acid groups (broad SMARTS) is 2. The highest BCUT2D eigenvalue weighted by Crippen LogP contribution is 1.90. The van der Waals surface area contributed by atoms with Crippen molar-refractivity contribution in [2.24, 2.45) is 0 Å². The fourth-order valence-corrected chi connectivity index (χ4v) is 1.93. The molecule has 1 aromatic rings. The standard InChI is InChI=1S/C7H10Si.2C5H8O3/c1-8-7-5-3-2-4-6-7;2*1-3-8-4(2)5(6)7/h2-6H,8H2,1H3;2*2-3H2,1H3,(H,6,7). The maximum Gasteiger partial charge on any atom is 0.370 e. The van der Waals surface area contributed by atoms with E-state index in [1.54, 1.807) is 19.0 Å². The number of benzene rings is 1. The molecule has 0 atom stereocenters. The Morgan fingerprint density at radius 2 is 1.33 bits per heavy atom. The highest BCUT2D eigenvalue weighted by molar-refractivity contribution is 6.51. The lowest BCUT2D eigenvalue weighted by Crippen LogP contribution is -2.07. The van der Waals surface area contributed by atoms with Crippen molar-refractivity contribution in [1.29, 1.82) is 0 Å². The van der Waals surface area contributed by atoms with E-state index in [-0.39, 0.29) is 21.0 Å². The second-order valence-corrected chi connectivity index (χ2v) is 5.69. The Kier molecular flexibility index (Phi) is 15.2. The van der Waals surface area contributed by atoms with Crippen LogP contribution >= 0.6 is 0 Å². The molecule has 0 aliphatic heterocycles. The van der Waals surface area contributed by atoms with E-state index >= 15 is 0 Å². The monoisotopic (exact) mass is 354 g/mol. The fraction of sp³-hybridized carbons (Fsp3) is 0.294. The molecule has 0 unspecified atom stereocenters. The van der Waals surface area contributed by atoms with Crippen molar-refractivity contribution in [1.82, 2.24) is 0 Å². The number of rotatable bonds is 7. The summed E-state index contributed by atoms with van der Waals surface area (Å²) < 4.78 is 9.02. The van der Waals surface area contributed by atoms with Gasteiger partial charge in [0.2, 0.25) is 0 Å². The fourth-order valence-electron chi connectivity index (χ4n) is 1.19. The molecule has 2 N–H and O–H groups in total. The van der Waals surface area contributed by atoms with Crippen molar-refractivity contribution in [2.75, 3.05) is 13.2 Å². The van der Waals surface area contributed by atoms with Crippen LogP contribution in [0.15, 0.2) is 55.0 Å². The van der Waals surface area contributed by atoms with Crippen LogP contribution < -0.4 is 5.19 Å². The van der Waals surface area contributed by atoms with Crippen molar-refractivity contribution >= 4 is 26.6 Å². The van der Waals surface area contributed by atoms with Crippen LogP contribution in [0.4, 0.5) is 0 Å². The Hall–Kier alpha value is -2.54. The summed E-state index contributed by atoms with van der Waals surface area (Å²) in [7, 11) is 0.0913. The lowest BCUT2D eigenvalue weighted by Gasteiger charge is -1.97. The van der Waals surface area contributed by atoms with Gasteiger partial charge in [-0.05, 0) is 27.0 Å². The summed E-state index contributed by atoms with van der Waals surface area (Å²) in [4.78, 5) is 19.7. The normalized spacial score (nSPS) is 8.96. The van der Waals surface area contributed by atoms with E-state index in [2.05, 4.69) is 59.5 Å². The molecule has 24 heavy (non-hydrogen) atoms.